The van der Waals surface area contributed by atoms with Crippen LogP contribution >= 0.6 is 11.6 Å². The number of hydrogen-bond donors (Lipinski definition) is 0. The van der Waals surface area contributed by atoms with E-state index in [1.54, 1.807) is 0 Å². The van der Waals surface area contributed by atoms with E-state index >= 15 is 0 Å². The molecule has 0 spiro atoms. The smallest absolute Gasteiger partial charge is 0.307 e. The summed E-state index contributed by atoms with van der Waals surface area (Å²) in [6.45, 7) is 0. The molecule has 0 bridgehead atoms. The van der Waals surface area contributed by atoms with Gasteiger partial charge < -0.3 is 4.74 Å². The van der Waals surface area contributed by atoms with Gasteiger partial charge in [-0.3, -0.25) is 15.1 Å². The zero-order valence-electron chi connectivity index (χ0n) is 9.85. The average molecular weight is 301 g/mol. The number of rotatable bonds is 4. The van der Waals surface area contributed by atoms with E-state index in [0.717, 1.165) is 0 Å². The van der Waals surface area contributed by atoms with Crippen LogP contribution in [-0.4, -0.2) is 9.91 Å². The third-order valence-corrected chi connectivity index (χ3v) is 2.66. The maximum absolute atomic E-state index is 13.6. The molecule has 0 aliphatic carbocycles. The van der Waals surface area contributed by atoms with E-state index in [-0.39, 0.29) is 11.6 Å². The first-order valence-corrected chi connectivity index (χ1v) is 5.86. The molecule has 0 saturated heterocycles. The number of benzene rings is 1. The molecule has 2 rings (SSSR count). The van der Waals surface area contributed by atoms with Crippen LogP contribution in [0.15, 0.2) is 30.6 Å². The van der Waals surface area contributed by atoms with Crippen LogP contribution in [0.1, 0.15) is 5.56 Å². The Bertz CT molecular complexity index is 667. The number of pyridine rings is 1. The van der Waals surface area contributed by atoms with Crippen LogP contribution in [0.2, 0.25) is 0 Å². The number of hydrogen-bond acceptors (Lipinski definition) is 4. The zero-order valence-corrected chi connectivity index (χ0v) is 10.6. The van der Waals surface area contributed by atoms with E-state index in [1.165, 1.54) is 18.5 Å². The Hall–Kier alpha value is -2.28. The summed E-state index contributed by atoms with van der Waals surface area (Å²) in [5.74, 6) is -2.37. The molecule has 0 amide bonds. The first-order chi connectivity index (χ1) is 9.51. The van der Waals surface area contributed by atoms with Gasteiger partial charge in [-0.25, -0.2) is 4.39 Å². The fraction of sp³-hybridized carbons (Fsp3) is 0.0833. The number of nitro benzene ring substituents is 1. The number of halogens is 3. The molecule has 0 fully saturated rings. The summed E-state index contributed by atoms with van der Waals surface area (Å²) in [4.78, 5) is 13.3. The van der Waals surface area contributed by atoms with Crippen molar-refractivity contribution >= 4 is 17.3 Å². The third-order valence-electron chi connectivity index (χ3n) is 2.35. The highest BCUT2D eigenvalue weighted by molar-refractivity contribution is 6.17. The number of nitro groups is 1. The zero-order chi connectivity index (χ0) is 14.7. The largest absolute Gasteiger partial charge is 0.453 e. The Labute approximate surface area is 116 Å². The van der Waals surface area contributed by atoms with Crippen LogP contribution in [0.25, 0.3) is 0 Å². The van der Waals surface area contributed by atoms with Crippen molar-refractivity contribution in [2.45, 2.75) is 5.88 Å². The molecule has 0 N–H and O–H groups in total. The monoisotopic (exact) mass is 300 g/mol. The molecule has 1 aromatic carbocycles. The van der Waals surface area contributed by atoms with Crippen LogP contribution in [0, 0.1) is 21.7 Å². The number of aromatic nitrogens is 1. The SMILES string of the molecule is O=[N+]([O-])c1cc(F)c(Oc2cncc(CCl)c2)cc1F. The lowest BCUT2D eigenvalue weighted by molar-refractivity contribution is -0.387. The van der Waals surface area contributed by atoms with Crippen molar-refractivity contribution < 1.29 is 18.4 Å². The van der Waals surface area contributed by atoms with Gasteiger partial charge in [-0.1, -0.05) is 0 Å². The van der Waals surface area contributed by atoms with Gasteiger partial charge in [0.25, 0.3) is 0 Å². The van der Waals surface area contributed by atoms with Gasteiger partial charge in [0.05, 0.1) is 17.2 Å². The average Bonchev–Trinajstić information content (AvgIpc) is 2.42. The van der Waals surface area contributed by atoms with E-state index in [0.29, 0.717) is 17.7 Å². The predicted octanol–water partition coefficient (Wildman–Crippen LogP) is 3.80. The maximum Gasteiger partial charge on any atom is 0.307 e. The van der Waals surface area contributed by atoms with Gasteiger partial charge in [0, 0.05) is 18.1 Å². The van der Waals surface area contributed by atoms with Crippen LogP contribution < -0.4 is 4.74 Å². The molecule has 5 nitrogen and oxygen atoms in total. The summed E-state index contributed by atoms with van der Waals surface area (Å²) < 4.78 is 32.1. The second-order valence-electron chi connectivity index (χ2n) is 3.76. The molecule has 0 aliphatic heterocycles. The molecule has 2 aromatic rings. The lowest BCUT2D eigenvalue weighted by Gasteiger charge is -2.07. The number of nitrogens with zero attached hydrogens (tertiary/aromatic N) is 2. The quantitative estimate of drug-likeness (QED) is 0.489. The third kappa shape index (κ3) is 3.00. The minimum Gasteiger partial charge on any atom is -0.453 e. The van der Waals surface area contributed by atoms with Crippen LogP contribution in [0.4, 0.5) is 14.5 Å². The van der Waals surface area contributed by atoms with Crippen molar-refractivity contribution in [2.75, 3.05) is 0 Å². The van der Waals surface area contributed by atoms with Crippen LogP contribution in [-0.2, 0) is 5.88 Å². The van der Waals surface area contributed by atoms with Gasteiger partial charge in [0.15, 0.2) is 11.6 Å². The fourth-order valence-corrected chi connectivity index (χ4v) is 1.60. The van der Waals surface area contributed by atoms with E-state index in [2.05, 4.69) is 4.98 Å². The minimum absolute atomic E-state index is 0.148. The lowest BCUT2D eigenvalue weighted by atomic mass is 10.2. The van der Waals surface area contributed by atoms with Gasteiger partial charge in [0.2, 0.25) is 5.82 Å². The predicted molar refractivity (Wildman–Crippen MR) is 66.9 cm³/mol. The van der Waals surface area contributed by atoms with Crippen LogP contribution in [0.3, 0.4) is 0 Å². The fourth-order valence-electron chi connectivity index (χ4n) is 1.46. The van der Waals surface area contributed by atoms with Crippen molar-refractivity contribution in [2.24, 2.45) is 0 Å². The maximum atomic E-state index is 13.6. The summed E-state index contributed by atoms with van der Waals surface area (Å²) in [7, 11) is 0. The Morgan fingerprint density at radius 1 is 1.25 bits per heavy atom. The molecule has 1 aromatic heterocycles. The lowest BCUT2D eigenvalue weighted by Crippen LogP contribution is -1.97. The minimum atomic E-state index is -1.19. The Balaban J connectivity index is 2.34. The van der Waals surface area contributed by atoms with Gasteiger partial charge in [-0.05, 0) is 11.6 Å². The van der Waals surface area contributed by atoms with E-state index in [9.17, 15) is 18.9 Å². The molecule has 1 heterocycles. The molecule has 0 aliphatic rings. The van der Waals surface area contributed by atoms with Crippen molar-refractivity contribution in [1.29, 1.82) is 0 Å². The first-order valence-electron chi connectivity index (χ1n) is 5.32. The summed E-state index contributed by atoms with van der Waals surface area (Å²) in [5.41, 5.74) is -0.325. The van der Waals surface area contributed by atoms with E-state index in [1.807, 2.05) is 0 Å². The van der Waals surface area contributed by atoms with Gasteiger partial charge in [-0.15, -0.1) is 11.6 Å². The summed E-state index contributed by atoms with van der Waals surface area (Å²) in [6, 6.07) is 2.57. The van der Waals surface area contributed by atoms with Gasteiger partial charge in [-0.2, -0.15) is 4.39 Å². The summed E-state index contributed by atoms with van der Waals surface area (Å²) in [6.07, 6.45) is 2.78. The van der Waals surface area contributed by atoms with Crippen molar-refractivity contribution in [3.63, 3.8) is 0 Å². The van der Waals surface area contributed by atoms with Crippen molar-refractivity contribution in [3.8, 4) is 11.5 Å². The molecule has 0 radical (unpaired) electrons. The Kier molecular flexibility index (Phi) is 4.09. The molecule has 104 valence electrons. The van der Waals surface area contributed by atoms with E-state index in [4.69, 9.17) is 16.3 Å². The second-order valence-corrected chi connectivity index (χ2v) is 4.02. The molecular weight excluding hydrogens is 294 g/mol. The number of ether oxygens (including phenoxy) is 1. The Morgan fingerprint density at radius 2 is 2.00 bits per heavy atom. The standard InChI is InChI=1S/C12H7ClF2N2O3/c13-4-7-1-8(6-16-5-7)20-12-3-9(14)11(17(18)19)2-10(12)15/h1-3,5-6H,4H2. The normalized spacial score (nSPS) is 10.3. The molecule has 0 saturated carbocycles. The van der Waals surface area contributed by atoms with Gasteiger partial charge >= 0.3 is 5.69 Å². The summed E-state index contributed by atoms with van der Waals surface area (Å²) in [5, 5.41) is 10.5. The number of alkyl halides is 1. The molecule has 20 heavy (non-hydrogen) atoms. The van der Waals surface area contributed by atoms with Crippen molar-refractivity contribution in [3.05, 3.63) is 57.9 Å². The summed E-state index contributed by atoms with van der Waals surface area (Å²) >= 11 is 5.61. The highest BCUT2D eigenvalue weighted by atomic mass is 35.5. The van der Waals surface area contributed by atoms with E-state index < -0.39 is 28.0 Å². The molecule has 0 atom stereocenters. The molecule has 0 unspecified atom stereocenters. The van der Waals surface area contributed by atoms with Crippen LogP contribution in [0.5, 0.6) is 11.5 Å². The highest BCUT2D eigenvalue weighted by Gasteiger charge is 2.19. The Morgan fingerprint density at radius 3 is 2.65 bits per heavy atom. The molecule has 8 heteroatoms. The topological polar surface area (TPSA) is 65.3 Å². The second kappa shape index (κ2) is 5.79. The highest BCUT2D eigenvalue weighted by Crippen LogP contribution is 2.30. The molecular formula is C12H7ClF2N2O3. The van der Waals surface area contributed by atoms with Crippen molar-refractivity contribution in [1.82, 2.24) is 4.98 Å². The van der Waals surface area contributed by atoms with Gasteiger partial charge in [0.1, 0.15) is 5.75 Å². The first kappa shape index (κ1) is 14.1.